The molecule has 0 bridgehead atoms. The number of unbranched alkanes of at least 4 members (excludes halogenated alkanes) is 5. The summed E-state index contributed by atoms with van der Waals surface area (Å²) in [6.07, 6.45) is 8.80. The van der Waals surface area contributed by atoms with Crippen LogP contribution in [0.15, 0.2) is 35.4 Å². The minimum atomic E-state index is -0.300. The molecule has 0 fully saturated rings. The highest BCUT2D eigenvalue weighted by Crippen LogP contribution is 2.16. The van der Waals surface area contributed by atoms with E-state index in [4.69, 9.17) is 27.3 Å². The molecule has 0 amide bonds. The number of carbonyl (C=O) groups excluding carboxylic acids is 1. The standard InChI is InChI=1S/C25H45N7O2/c1-3-5-11-17-31(18-12-6-4-2)22(23(33)34-20-21-14-8-7-9-15-21)16-10-13-19-32(25(28)29)30-24(26)27/h7-9,14-15,22H,3-6,10-13,16-20H2,1-2H3,(H3,28,29)(H4,26,27,30)/t22-/m1/s1. The molecule has 0 aliphatic heterocycles. The summed E-state index contributed by atoms with van der Waals surface area (Å²) in [6.45, 7) is 6.82. The summed E-state index contributed by atoms with van der Waals surface area (Å²) in [6, 6.07) is 9.46. The van der Waals surface area contributed by atoms with Crippen molar-refractivity contribution >= 4 is 17.9 Å². The van der Waals surface area contributed by atoms with Crippen molar-refractivity contribution in [2.24, 2.45) is 22.3 Å². The number of ether oxygens (including phenoxy) is 1. The first-order valence-corrected chi connectivity index (χ1v) is 12.5. The fourth-order valence-electron chi connectivity index (χ4n) is 3.79. The average Bonchev–Trinajstić information content (AvgIpc) is 2.81. The second-order valence-corrected chi connectivity index (χ2v) is 8.59. The molecule has 0 saturated heterocycles. The first-order chi connectivity index (χ1) is 16.4. The van der Waals surface area contributed by atoms with E-state index in [1.165, 1.54) is 5.01 Å². The molecule has 9 heteroatoms. The number of nitrogens with two attached hydrogens (primary N) is 3. The zero-order valence-electron chi connectivity index (χ0n) is 21.0. The highest BCUT2D eigenvalue weighted by Gasteiger charge is 2.26. The third-order valence-corrected chi connectivity index (χ3v) is 5.65. The maximum absolute atomic E-state index is 13.2. The Balaban J connectivity index is 2.83. The van der Waals surface area contributed by atoms with E-state index >= 15 is 0 Å². The molecule has 1 rings (SSSR count). The number of hydrazone groups is 1. The van der Waals surface area contributed by atoms with E-state index in [2.05, 4.69) is 23.8 Å². The Labute approximate surface area is 205 Å². The molecule has 0 radical (unpaired) electrons. The summed E-state index contributed by atoms with van der Waals surface area (Å²) >= 11 is 0. The van der Waals surface area contributed by atoms with Gasteiger partial charge in [0.1, 0.15) is 12.6 Å². The monoisotopic (exact) mass is 475 g/mol. The van der Waals surface area contributed by atoms with Gasteiger partial charge in [-0.05, 0) is 50.8 Å². The molecule has 1 aromatic carbocycles. The van der Waals surface area contributed by atoms with E-state index in [9.17, 15) is 4.79 Å². The molecule has 1 aromatic rings. The number of carbonyl (C=O) groups is 1. The molecule has 0 heterocycles. The van der Waals surface area contributed by atoms with Crippen molar-refractivity contribution in [1.82, 2.24) is 9.91 Å². The quantitative estimate of drug-likeness (QED) is 0.0837. The maximum Gasteiger partial charge on any atom is 0.323 e. The molecule has 0 saturated carbocycles. The minimum Gasteiger partial charge on any atom is -0.460 e. The second kappa shape index (κ2) is 17.6. The lowest BCUT2D eigenvalue weighted by atomic mass is 10.1. The molecule has 0 unspecified atom stereocenters. The number of rotatable bonds is 18. The predicted octanol–water partition coefficient (Wildman–Crippen LogP) is 3.33. The van der Waals surface area contributed by atoms with Crippen LogP contribution < -0.4 is 17.2 Å². The van der Waals surface area contributed by atoms with Crippen molar-refractivity contribution < 1.29 is 9.53 Å². The molecule has 34 heavy (non-hydrogen) atoms. The second-order valence-electron chi connectivity index (χ2n) is 8.59. The van der Waals surface area contributed by atoms with Gasteiger partial charge < -0.3 is 21.9 Å². The van der Waals surface area contributed by atoms with Crippen LogP contribution in [0.5, 0.6) is 0 Å². The Morgan fingerprint density at radius 3 is 2.06 bits per heavy atom. The molecule has 7 N–H and O–H groups in total. The SMILES string of the molecule is CCCCCN(CCCCC)[C@H](CCCCN(N=C(N)N)C(=N)N)C(=O)OCc1ccccc1. The van der Waals surface area contributed by atoms with Crippen LogP contribution in [0.2, 0.25) is 0 Å². The van der Waals surface area contributed by atoms with E-state index in [0.717, 1.165) is 63.6 Å². The smallest absolute Gasteiger partial charge is 0.323 e. The lowest BCUT2D eigenvalue weighted by Gasteiger charge is -2.30. The lowest BCUT2D eigenvalue weighted by molar-refractivity contribution is -0.152. The van der Waals surface area contributed by atoms with Crippen LogP contribution >= 0.6 is 0 Å². The van der Waals surface area contributed by atoms with Crippen LogP contribution in [0, 0.1) is 5.41 Å². The molecular weight excluding hydrogens is 430 g/mol. The van der Waals surface area contributed by atoms with Crippen LogP contribution in [-0.2, 0) is 16.1 Å². The predicted molar refractivity (Wildman–Crippen MR) is 139 cm³/mol. The molecule has 0 aliphatic rings. The topological polar surface area (TPSA) is 147 Å². The van der Waals surface area contributed by atoms with Crippen LogP contribution in [0.1, 0.15) is 77.2 Å². The van der Waals surface area contributed by atoms with Crippen molar-refractivity contribution in [1.29, 1.82) is 5.41 Å². The van der Waals surface area contributed by atoms with Gasteiger partial charge in [-0.25, -0.2) is 5.01 Å². The highest BCUT2D eigenvalue weighted by molar-refractivity contribution is 5.80. The number of guanidine groups is 2. The number of benzene rings is 1. The molecular formula is C25H45N7O2. The van der Waals surface area contributed by atoms with Crippen molar-refractivity contribution in [3.63, 3.8) is 0 Å². The van der Waals surface area contributed by atoms with Gasteiger partial charge in [0.25, 0.3) is 0 Å². The number of hydrogen-bond acceptors (Lipinski definition) is 5. The van der Waals surface area contributed by atoms with Crippen LogP contribution in [0.4, 0.5) is 0 Å². The van der Waals surface area contributed by atoms with Gasteiger partial charge in [0.15, 0.2) is 0 Å². The number of hydrogen-bond donors (Lipinski definition) is 4. The van der Waals surface area contributed by atoms with Gasteiger partial charge in [0.2, 0.25) is 11.9 Å². The third-order valence-electron chi connectivity index (χ3n) is 5.65. The number of nitrogens with one attached hydrogen (secondary N) is 1. The zero-order chi connectivity index (χ0) is 25.2. The van der Waals surface area contributed by atoms with E-state index in [1.807, 2.05) is 30.3 Å². The van der Waals surface area contributed by atoms with Gasteiger partial charge in [0.05, 0.1) is 0 Å². The van der Waals surface area contributed by atoms with Gasteiger partial charge in [-0.2, -0.15) is 0 Å². The maximum atomic E-state index is 13.2. The normalized spacial score (nSPS) is 11.7. The van der Waals surface area contributed by atoms with E-state index in [-0.39, 0.29) is 30.5 Å². The summed E-state index contributed by atoms with van der Waals surface area (Å²) in [4.78, 5) is 15.5. The van der Waals surface area contributed by atoms with Gasteiger partial charge in [0, 0.05) is 6.54 Å². The highest BCUT2D eigenvalue weighted by atomic mass is 16.5. The Kier molecular flexibility index (Phi) is 15.2. The van der Waals surface area contributed by atoms with E-state index < -0.39 is 0 Å². The van der Waals surface area contributed by atoms with Crippen LogP contribution in [0.25, 0.3) is 0 Å². The average molecular weight is 476 g/mol. The first-order valence-electron chi connectivity index (χ1n) is 12.5. The van der Waals surface area contributed by atoms with Gasteiger partial charge in [-0.15, -0.1) is 5.10 Å². The largest absolute Gasteiger partial charge is 0.460 e. The lowest BCUT2D eigenvalue weighted by Crippen LogP contribution is -2.43. The third kappa shape index (κ3) is 12.4. The Morgan fingerprint density at radius 1 is 0.941 bits per heavy atom. The van der Waals surface area contributed by atoms with Crippen molar-refractivity contribution in [3.05, 3.63) is 35.9 Å². The summed E-state index contributed by atoms with van der Waals surface area (Å²) in [5, 5.41) is 12.8. The van der Waals surface area contributed by atoms with Crippen molar-refractivity contribution in [2.45, 2.75) is 84.3 Å². The molecule has 192 valence electrons. The van der Waals surface area contributed by atoms with E-state index in [1.54, 1.807) is 0 Å². The van der Waals surface area contributed by atoms with Gasteiger partial charge in [-0.3, -0.25) is 15.1 Å². The Hall–Kier alpha value is -2.81. The fourth-order valence-corrected chi connectivity index (χ4v) is 3.79. The van der Waals surface area contributed by atoms with Crippen LogP contribution in [0.3, 0.4) is 0 Å². The fraction of sp³-hybridized carbons (Fsp3) is 0.640. The van der Waals surface area contributed by atoms with Crippen molar-refractivity contribution in [3.8, 4) is 0 Å². The number of esters is 1. The summed E-state index contributed by atoms with van der Waals surface area (Å²) in [5.74, 6) is -0.534. The number of nitrogens with zero attached hydrogens (tertiary/aromatic N) is 3. The first kappa shape index (κ1) is 29.2. The van der Waals surface area contributed by atoms with E-state index in [0.29, 0.717) is 19.4 Å². The van der Waals surface area contributed by atoms with Gasteiger partial charge in [-0.1, -0.05) is 69.9 Å². The summed E-state index contributed by atoms with van der Waals surface area (Å²) < 4.78 is 5.75. The van der Waals surface area contributed by atoms with Crippen molar-refractivity contribution in [2.75, 3.05) is 19.6 Å². The molecule has 9 nitrogen and oxygen atoms in total. The minimum absolute atomic E-state index is 0.143. The molecule has 0 aromatic heterocycles. The zero-order valence-corrected chi connectivity index (χ0v) is 21.0. The molecule has 0 spiro atoms. The van der Waals surface area contributed by atoms with Crippen LogP contribution in [-0.4, -0.2) is 53.5 Å². The molecule has 0 aliphatic carbocycles. The Bertz CT molecular complexity index is 713. The van der Waals surface area contributed by atoms with Gasteiger partial charge >= 0.3 is 5.97 Å². The summed E-state index contributed by atoms with van der Waals surface area (Å²) in [5.41, 5.74) is 17.4. The Morgan fingerprint density at radius 2 is 1.53 bits per heavy atom. The molecule has 1 atom stereocenters. The summed E-state index contributed by atoms with van der Waals surface area (Å²) in [7, 11) is 0.